The van der Waals surface area contributed by atoms with Crippen molar-refractivity contribution in [1.82, 2.24) is 10.2 Å². The molecule has 1 atom stereocenters. The van der Waals surface area contributed by atoms with Gasteiger partial charge in [-0.25, -0.2) is 4.39 Å². The number of rotatable bonds is 11. The summed E-state index contributed by atoms with van der Waals surface area (Å²) in [5.74, 6) is -0.190. The molecule has 0 saturated heterocycles. The number of amides is 2. The summed E-state index contributed by atoms with van der Waals surface area (Å²) < 4.78 is 13.5. The maximum Gasteiger partial charge on any atom is 0.243 e. The summed E-state index contributed by atoms with van der Waals surface area (Å²) in [4.78, 5) is 28.6. The van der Waals surface area contributed by atoms with E-state index in [1.165, 1.54) is 12.1 Å². The number of carbonyl (C=O) groups excluding carboxylic acids is 2. The van der Waals surface area contributed by atoms with Crippen LogP contribution < -0.4 is 5.32 Å². The summed E-state index contributed by atoms with van der Waals surface area (Å²) in [5, 5.41) is 3.04. The van der Waals surface area contributed by atoms with Gasteiger partial charge in [-0.3, -0.25) is 9.59 Å². The van der Waals surface area contributed by atoms with Gasteiger partial charge in [0.25, 0.3) is 0 Å². The number of hydrogen-bond acceptors (Lipinski definition) is 2. The Morgan fingerprint density at radius 3 is 2.00 bits per heavy atom. The molecule has 3 rings (SSSR count). The molecule has 34 heavy (non-hydrogen) atoms. The Kier molecular flexibility index (Phi) is 9.39. The van der Waals surface area contributed by atoms with Crippen LogP contribution in [-0.4, -0.2) is 29.3 Å². The zero-order valence-electron chi connectivity index (χ0n) is 19.9. The number of benzene rings is 3. The predicted octanol–water partition coefficient (Wildman–Crippen LogP) is 5.17. The average Bonchev–Trinajstić information content (AvgIpc) is 2.83. The van der Waals surface area contributed by atoms with Gasteiger partial charge in [0.05, 0.1) is 6.42 Å². The second-order valence-electron chi connectivity index (χ2n) is 8.99. The molecule has 1 N–H and O–H groups in total. The normalized spacial score (nSPS) is 11.8. The lowest BCUT2D eigenvalue weighted by Gasteiger charge is -2.32. The first kappa shape index (κ1) is 25.2. The van der Waals surface area contributed by atoms with Crippen molar-refractivity contribution in [2.24, 2.45) is 5.92 Å². The average molecular weight is 461 g/mol. The lowest BCUT2D eigenvalue weighted by molar-refractivity contribution is -0.140. The molecule has 5 heteroatoms. The van der Waals surface area contributed by atoms with Crippen molar-refractivity contribution in [3.63, 3.8) is 0 Å². The number of halogens is 1. The fraction of sp³-hybridized carbons (Fsp3) is 0.310. The monoisotopic (exact) mass is 460 g/mol. The molecule has 178 valence electrons. The maximum absolute atomic E-state index is 13.6. The smallest absolute Gasteiger partial charge is 0.243 e. The summed E-state index contributed by atoms with van der Waals surface area (Å²) in [5.41, 5.74) is 2.63. The van der Waals surface area contributed by atoms with E-state index in [-0.39, 0.29) is 30.6 Å². The molecule has 0 aliphatic heterocycles. The van der Waals surface area contributed by atoms with E-state index in [1.54, 1.807) is 17.0 Å². The van der Waals surface area contributed by atoms with Gasteiger partial charge in [0.1, 0.15) is 11.9 Å². The van der Waals surface area contributed by atoms with E-state index < -0.39 is 6.04 Å². The van der Waals surface area contributed by atoms with Crippen molar-refractivity contribution < 1.29 is 14.0 Å². The van der Waals surface area contributed by atoms with Crippen LogP contribution in [0.15, 0.2) is 84.9 Å². The molecule has 4 nitrogen and oxygen atoms in total. The van der Waals surface area contributed by atoms with Crippen LogP contribution in [0.25, 0.3) is 0 Å². The van der Waals surface area contributed by atoms with Crippen LogP contribution in [0, 0.1) is 11.7 Å². The number of carbonyl (C=O) groups is 2. The Morgan fingerprint density at radius 1 is 0.824 bits per heavy atom. The highest BCUT2D eigenvalue weighted by Crippen LogP contribution is 2.17. The van der Waals surface area contributed by atoms with E-state index in [1.807, 2.05) is 60.7 Å². The molecule has 3 aromatic rings. The molecule has 2 amide bonds. The highest BCUT2D eigenvalue weighted by Gasteiger charge is 2.30. The third kappa shape index (κ3) is 7.84. The van der Waals surface area contributed by atoms with Gasteiger partial charge in [-0.2, -0.15) is 0 Å². The second kappa shape index (κ2) is 12.7. The molecule has 0 bridgehead atoms. The molecule has 0 radical (unpaired) electrons. The molecule has 3 aromatic carbocycles. The fourth-order valence-corrected chi connectivity index (χ4v) is 3.81. The minimum atomic E-state index is -0.684. The zero-order valence-corrected chi connectivity index (χ0v) is 19.9. The van der Waals surface area contributed by atoms with Gasteiger partial charge >= 0.3 is 0 Å². The molecule has 0 fully saturated rings. The second-order valence-corrected chi connectivity index (χ2v) is 8.99. The van der Waals surface area contributed by atoms with Crippen LogP contribution in [0.1, 0.15) is 37.0 Å². The summed E-state index contributed by atoms with van der Waals surface area (Å²) in [6.07, 6.45) is 1.45. The molecular weight excluding hydrogens is 427 g/mol. The molecule has 0 unspecified atom stereocenters. The summed E-state index contributed by atoms with van der Waals surface area (Å²) in [6, 6.07) is 24.6. The maximum atomic E-state index is 13.6. The Balaban J connectivity index is 1.91. The quantitative estimate of drug-likeness (QED) is 0.429. The van der Waals surface area contributed by atoms with Crippen molar-refractivity contribution >= 4 is 11.8 Å². The van der Waals surface area contributed by atoms with Crippen LogP contribution in [0.5, 0.6) is 0 Å². The molecule has 0 aliphatic rings. The van der Waals surface area contributed by atoms with Gasteiger partial charge in [0.2, 0.25) is 11.8 Å². The topological polar surface area (TPSA) is 49.4 Å². The van der Waals surface area contributed by atoms with Crippen LogP contribution >= 0.6 is 0 Å². The van der Waals surface area contributed by atoms with E-state index in [9.17, 15) is 14.0 Å². The number of hydrogen-bond donors (Lipinski definition) is 1. The van der Waals surface area contributed by atoms with Crippen molar-refractivity contribution in [2.75, 3.05) is 6.54 Å². The molecular formula is C29H33FN2O2. The highest BCUT2D eigenvalue weighted by atomic mass is 19.1. The van der Waals surface area contributed by atoms with E-state index in [2.05, 4.69) is 19.2 Å². The van der Waals surface area contributed by atoms with Gasteiger partial charge in [0.15, 0.2) is 0 Å². The van der Waals surface area contributed by atoms with Crippen molar-refractivity contribution in [1.29, 1.82) is 0 Å². The first-order chi connectivity index (χ1) is 16.4. The van der Waals surface area contributed by atoms with Crippen LogP contribution in [-0.2, 0) is 29.0 Å². The third-order valence-corrected chi connectivity index (χ3v) is 5.76. The SMILES string of the molecule is CC(C)CCNC(=O)[C@@H](Cc1ccccc1)N(Cc1ccc(F)cc1)C(=O)Cc1ccccc1. The Hall–Kier alpha value is -3.47. The Bertz CT molecular complexity index is 1040. The first-order valence-electron chi connectivity index (χ1n) is 11.8. The van der Waals surface area contributed by atoms with Gasteiger partial charge in [-0.05, 0) is 41.2 Å². The summed E-state index contributed by atoms with van der Waals surface area (Å²) >= 11 is 0. The van der Waals surface area contributed by atoms with Crippen molar-refractivity contribution in [2.45, 2.75) is 45.7 Å². The van der Waals surface area contributed by atoms with Gasteiger partial charge in [0, 0.05) is 19.5 Å². The van der Waals surface area contributed by atoms with Crippen molar-refractivity contribution in [3.8, 4) is 0 Å². The molecule has 0 aromatic heterocycles. The molecule has 0 aliphatic carbocycles. The lowest BCUT2D eigenvalue weighted by Crippen LogP contribution is -2.51. The highest BCUT2D eigenvalue weighted by molar-refractivity contribution is 5.88. The first-order valence-corrected chi connectivity index (χ1v) is 11.8. The fourth-order valence-electron chi connectivity index (χ4n) is 3.81. The van der Waals surface area contributed by atoms with Gasteiger partial charge < -0.3 is 10.2 Å². The van der Waals surface area contributed by atoms with Crippen molar-refractivity contribution in [3.05, 3.63) is 107 Å². The standard InChI is InChI=1S/C29H33FN2O2/c1-22(2)17-18-31-29(34)27(19-23-9-5-3-6-10-23)32(21-25-13-15-26(30)16-14-25)28(33)20-24-11-7-4-8-12-24/h3-16,22,27H,17-21H2,1-2H3,(H,31,34)/t27-/m1/s1. The van der Waals surface area contributed by atoms with Crippen LogP contribution in [0.4, 0.5) is 4.39 Å². The largest absolute Gasteiger partial charge is 0.354 e. The van der Waals surface area contributed by atoms with Gasteiger partial charge in [-0.15, -0.1) is 0 Å². The van der Waals surface area contributed by atoms with E-state index in [4.69, 9.17) is 0 Å². The predicted molar refractivity (Wildman–Crippen MR) is 133 cm³/mol. The van der Waals surface area contributed by atoms with Gasteiger partial charge in [-0.1, -0.05) is 86.6 Å². The third-order valence-electron chi connectivity index (χ3n) is 5.76. The zero-order chi connectivity index (χ0) is 24.3. The number of nitrogens with one attached hydrogen (secondary N) is 1. The van der Waals surface area contributed by atoms with E-state index in [0.29, 0.717) is 18.9 Å². The number of nitrogens with zero attached hydrogens (tertiary/aromatic N) is 1. The van der Waals surface area contributed by atoms with Crippen LogP contribution in [0.2, 0.25) is 0 Å². The molecule has 0 spiro atoms. The minimum absolute atomic E-state index is 0.143. The lowest BCUT2D eigenvalue weighted by atomic mass is 10.0. The minimum Gasteiger partial charge on any atom is -0.354 e. The molecule has 0 saturated carbocycles. The van der Waals surface area contributed by atoms with E-state index >= 15 is 0 Å². The Morgan fingerprint density at radius 2 is 1.41 bits per heavy atom. The Labute approximate surface area is 201 Å². The molecule has 0 heterocycles. The summed E-state index contributed by atoms with van der Waals surface area (Å²) in [6.45, 7) is 5.00. The van der Waals surface area contributed by atoms with E-state index in [0.717, 1.165) is 23.1 Å². The van der Waals surface area contributed by atoms with Crippen LogP contribution in [0.3, 0.4) is 0 Å². The summed E-state index contributed by atoms with van der Waals surface area (Å²) in [7, 11) is 0.